The van der Waals surface area contributed by atoms with Gasteiger partial charge in [-0.25, -0.2) is 0 Å². The third-order valence-electron chi connectivity index (χ3n) is 5.82. The van der Waals surface area contributed by atoms with Gasteiger partial charge in [0.25, 0.3) is 5.69 Å². The minimum Gasteiger partial charge on any atom is -0.463 e. The van der Waals surface area contributed by atoms with E-state index in [1.54, 1.807) is 13.8 Å². The van der Waals surface area contributed by atoms with Gasteiger partial charge in [-0.3, -0.25) is 14.9 Å². The molecule has 178 valence electrons. The van der Waals surface area contributed by atoms with Crippen LogP contribution in [0.25, 0.3) is 0 Å². The molecule has 32 heavy (non-hydrogen) atoms. The predicted octanol–water partition coefficient (Wildman–Crippen LogP) is 0.705. The summed E-state index contributed by atoms with van der Waals surface area (Å²) in [6, 6.07) is 4.51. The fraction of sp³-hybridized carbons (Fsp3) is 0.650. The Morgan fingerprint density at radius 2 is 1.72 bits per heavy atom. The summed E-state index contributed by atoms with van der Waals surface area (Å²) < 4.78 is 35.3. The Bertz CT molecular complexity index is 836. The van der Waals surface area contributed by atoms with Crippen molar-refractivity contribution in [1.29, 1.82) is 0 Å². The molecule has 2 aliphatic rings. The van der Waals surface area contributed by atoms with Crippen molar-refractivity contribution in [3.8, 4) is 5.75 Å². The number of rotatable bonds is 7. The molecule has 0 aliphatic carbocycles. The first-order valence-electron chi connectivity index (χ1n) is 9.98. The predicted molar refractivity (Wildman–Crippen MR) is 108 cm³/mol. The molecule has 0 aromatic heterocycles. The number of nitrogens with zero attached hydrogens (tertiary/aromatic N) is 1. The van der Waals surface area contributed by atoms with Gasteiger partial charge in [0.05, 0.1) is 11.5 Å². The summed E-state index contributed by atoms with van der Waals surface area (Å²) in [4.78, 5) is 22.3. The molecule has 2 fully saturated rings. The minimum atomic E-state index is -1.37. The molecule has 0 spiro atoms. The zero-order chi connectivity index (χ0) is 23.7. The number of amides is 1. The Hall–Kier alpha value is -2.35. The maximum Gasteiger partial charge on any atom is 0.269 e. The number of methoxy groups -OCH3 is 2. The standard InChI is InChI=1S/C20H28N2O10/c1-11(24)21-15-17-16(31-19(2,27-4)20(3,28-5)32-17)14(10-23)30-18(15)29-13-8-6-12(7-9-13)22(25)26/h6-9,14-18,23H,10H2,1-5H3,(H,21,24)/t14-,15-,16-,17-,18-,19?,20?/m1/s1. The Labute approximate surface area is 184 Å². The highest BCUT2D eigenvalue weighted by molar-refractivity contribution is 5.73. The molecule has 7 atom stereocenters. The number of ether oxygens (including phenoxy) is 6. The lowest BCUT2D eigenvalue weighted by atomic mass is 9.92. The van der Waals surface area contributed by atoms with Crippen LogP contribution in [0.4, 0.5) is 5.69 Å². The van der Waals surface area contributed by atoms with Crippen LogP contribution in [0.3, 0.4) is 0 Å². The number of nitro benzene ring substituents is 1. The van der Waals surface area contributed by atoms with E-state index in [1.165, 1.54) is 45.4 Å². The molecular weight excluding hydrogens is 428 g/mol. The quantitative estimate of drug-likeness (QED) is 0.444. The average molecular weight is 456 g/mol. The van der Waals surface area contributed by atoms with Crippen LogP contribution in [-0.2, 0) is 28.5 Å². The van der Waals surface area contributed by atoms with Crippen molar-refractivity contribution in [2.24, 2.45) is 0 Å². The zero-order valence-electron chi connectivity index (χ0n) is 18.5. The lowest BCUT2D eigenvalue weighted by Gasteiger charge is -2.57. The summed E-state index contributed by atoms with van der Waals surface area (Å²) in [5, 5.41) is 23.6. The number of benzene rings is 1. The second kappa shape index (κ2) is 9.25. The fourth-order valence-corrected chi connectivity index (χ4v) is 3.80. The van der Waals surface area contributed by atoms with Gasteiger partial charge in [0, 0.05) is 33.3 Å². The molecule has 0 radical (unpaired) electrons. The van der Waals surface area contributed by atoms with Crippen molar-refractivity contribution in [3.05, 3.63) is 34.4 Å². The molecule has 0 saturated carbocycles. The largest absolute Gasteiger partial charge is 0.463 e. The third-order valence-corrected chi connectivity index (χ3v) is 5.82. The van der Waals surface area contributed by atoms with Gasteiger partial charge in [-0.2, -0.15) is 0 Å². The smallest absolute Gasteiger partial charge is 0.269 e. The van der Waals surface area contributed by atoms with Crippen molar-refractivity contribution in [2.45, 2.75) is 63.0 Å². The lowest BCUT2D eigenvalue weighted by molar-refractivity contribution is -0.470. The van der Waals surface area contributed by atoms with E-state index >= 15 is 0 Å². The van der Waals surface area contributed by atoms with E-state index in [1.807, 2.05) is 0 Å². The molecule has 0 bridgehead atoms. The average Bonchev–Trinajstić information content (AvgIpc) is 2.76. The normalized spacial score (nSPS) is 36.8. The van der Waals surface area contributed by atoms with E-state index < -0.39 is 53.7 Å². The number of aliphatic hydroxyl groups is 1. The van der Waals surface area contributed by atoms with Crippen molar-refractivity contribution < 1.29 is 43.2 Å². The van der Waals surface area contributed by atoms with E-state index in [0.717, 1.165) is 0 Å². The van der Waals surface area contributed by atoms with Crippen LogP contribution in [0.15, 0.2) is 24.3 Å². The van der Waals surface area contributed by atoms with Crippen molar-refractivity contribution in [1.82, 2.24) is 5.32 Å². The molecular formula is C20H28N2O10. The molecule has 12 heteroatoms. The zero-order valence-corrected chi connectivity index (χ0v) is 18.5. The first kappa shape index (κ1) is 24.3. The summed E-state index contributed by atoms with van der Waals surface area (Å²) in [5.74, 6) is -2.82. The van der Waals surface area contributed by atoms with E-state index in [0.29, 0.717) is 0 Å². The van der Waals surface area contributed by atoms with E-state index in [2.05, 4.69) is 5.32 Å². The van der Waals surface area contributed by atoms with Crippen molar-refractivity contribution in [3.63, 3.8) is 0 Å². The lowest BCUT2D eigenvalue weighted by Crippen LogP contribution is -2.75. The monoisotopic (exact) mass is 456 g/mol. The number of non-ortho nitro benzene ring substituents is 1. The topological polar surface area (TPSA) is 148 Å². The Morgan fingerprint density at radius 1 is 1.16 bits per heavy atom. The molecule has 3 rings (SSSR count). The maximum absolute atomic E-state index is 12.0. The van der Waals surface area contributed by atoms with E-state index in [4.69, 9.17) is 28.4 Å². The number of nitro groups is 1. The van der Waals surface area contributed by atoms with Crippen LogP contribution < -0.4 is 10.1 Å². The highest BCUT2D eigenvalue weighted by Crippen LogP contribution is 2.43. The van der Waals surface area contributed by atoms with Crippen LogP contribution in [0.1, 0.15) is 20.8 Å². The number of aliphatic hydroxyl groups excluding tert-OH is 1. The number of fused-ring (bicyclic) bond motifs is 1. The number of carbonyl (C=O) groups excluding carboxylic acids is 1. The summed E-state index contributed by atoms with van der Waals surface area (Å²) in [6.07, 6.45) is -3.66. The highest BCUT2D eigenvalue weighted by atomic mass is 16.8. The van der Waals surface area contributed by atoms with Crippen LogP contribution in [0.2, 0.25) is 0 Å². The molecule has 2 aliphatic heterocycles. The Balaban J connectivity index is 1.94. The maximum atomic E-state index is 12.0. The molecule has 12 nitrogen and oxygen atoms in total. The number of nitrogens with one attached hydrogen (secondary N) is 1. The number of hydrogen-bond donors (Lipinski definition) is 2. The molecule has 1 aromatic carbocycles. The second-order valence-electron chi connectivity index (χ2n) is 7.79. The summed E-state index contributed by atoms with van der Waals surface area (Å²) in [5.41, 5.74) is -0.104. The van der Waals surface area contributed by atoms with Crippen LogP contribution in [0, 0.1) is 10.1 Å². The van der Waals surface area contributed by atoms with Gasteiger partial charge in [0.2, 0.25) is 23.8 Å². The molecule has 1 aromatic rings. The van der Waals surface area contributed by atoms with Gasteiger partial charge < -0.3 is 38.8 Å². The van der Waals surface area contributed by atoms with Gasteiger partial charge in [-0.1, -0.05) is 0 Å². The van der Waals surface area contributed by atoms with Crippen LogP contribution in [-0.4, -0.2) is 79.0 Å². The van der Waals surface area contributed by atoms with Gasteiger partial charge in [0.15, 0.2) is 0 Å². The van der Waals surface area contributed by atoms with Crippen molar-refractivity contribution in [2.75, 3.05) is 20.8 Å². The van der Waals surface area contributed by atoms with Gasteiger partial charge in [0.1, 0.15) is 30.1 Å². The number of carbonyl (C=O) groups is 1. The molecule has 1 amide bonds. The van der Waals surface area contributed by atoms with Gasteiger partial charge >= 0.3 is 0 Å². The first-order chi connectivity index (χ1) is 15.1. The van der Waals surface area contributed by atoms with Gasteiger partial charge in [-0.15, -0.1) is 0 Å². The fourth-order valence-electron chi connectivity index (χ4n) is 3.80. The first-order valence-corrected chi connectivity index (χ1v) is 9.98. The van der Waals surface area contributed by atoms with Gasteiger partial charge in [-0.05, 0) is 26.0 Å². The molecule has 2 N–H and O–H groups in total. The molecule has 2 unspecified atom stereocenters. The number of hydrogen-bond acceptors (Lipinski definition) is 10. The van der Waals surface area contributed by atoms with Crippen LogP contribution >= 0.6 is 0 Å². The Kier molecular flexibility index (Phi) is 7.03. The van der Waals surface area contributed by atoms with Crippen molar-refractivity contribution >= 4 is 11.6 Å². The highest BCUT2D eigenvalue weighted by Gasteiger charge is 2.62. The molecule has 2 saturated heterocycles. The second-order valence-corrected chi connectivity index (χ2v) is 7.79. The summed E-state index contributed by atoms with van der Waals surface area (Å²) in [6.45, 7) is 4.16. The summed E-state index contributed by atoms with van der Waals surface area (Å²) >= 11 is 0. The van der Waals surface area contributed by atoms with E-state index in [-0.39, 0.29) is 17.3 Å². The minimum absolute atomic E-state index is 0.104. The van der Waals surface area contributed by atoms with Crippen LogP contribution in [0.5, 0.6) is 5.75 Å². The van der Waals surface area contributed by atoms with E-state index in [9.17, 15) is 20.0 Å². The summed E-state index contributed by atoms with van der Waals surface area (Å²) in [7, 11) is 2.87. The Morgan fingerprint density at radius 3 is 2.19 bits per heavy atom. The molecule has 2 heterocycles. The SMILES string of the molecule is COC1(C)O[C@@H]2[C@@H](NC(C)=O)[C@H](Oc3ccc([N+](=O)[O-])cc3)O[C@H](CO)[C@H]2OC1(C)OC. The third kappa shape index (κ3) is 4.42.